The molecule has 0 spiro atoms. The van der Waals surface area contributed by atoms with Gasteiger partial charge in [-0.05, 0) is 40.5 Å². The molecule has 0 amide bonds. The monoisotopic (exact) mass is 342 g/mol. The summed E-state index contributed by atoms with van der Waals surface area (Å²) in [6.07, 6.45) is 1.95. The van der Waals surface area contributed by atoms with Crippen LogP contribution in [0, 0.1) is 0 Å². The van der Waals surface area contributed by atoms with E-state index in [1.54, 1.807) is 11.3 Å². The molecule has 1 aromatic heterocycles. The van der Waals surface area contributed by atoms with Gasteiger partial charge in [0.1, 0.15) is 11.7 Å². The first-order chi connectivity index (χ1) is 11.3. The zero-order chi connectivity index (χ0) is 15.6. The van der Waals surface area contributed by atoms with Crippen LogP contribution in [-0.2, 0) is 13.0 Å². The van der Waals surface area contributed by atoms with E-state index in [1.807, 2.05) is 23.9 Å². The van der Waals surface area contributed by atoms with Gasteiger partial charge in [-0.25, -0.2) is 0 Å². The third kappa shape index (κ3) is 3.22. The van der Waals surface area contributed by atoms with Gasteiger partial charge in [-0.2, -0.15) is 0 Å². The van der Waals surface area contributed by atoms with Crippen molar-refractivity contribution in [3.63, 3.8) is 0 Å². The Morgan fingerprint density at radius 1 is 1.30 bits per heavy atom. The highest BCUT2D eigenvalue weighted by Crippen LogP contribution is 2.36. The average molecular weight is 342 g/mol. The fraction of sp³-hybridized carbons (Fsp3) is 0.278. The number of hydrogen-bond donors (Lipinski definition) is 1. The number of fused-ring (bicyclic) bond motifs is 1. The summed E-state index contributed by atoms with van der Waals surface area (Å²) in [5.74, 6) is 0. The number of thiophene rings is 1. The van der Waals surface area contributed by atoms with E-state index in [-0.39, 0.29) is 0 Å². The van der Waals surface area contributed by atoms with Gasteiger partial charge in [-0.3, -0.25) is 9.69 Å². The predicted octanol–water partition coefficient (Wildman–Crippen LogP) is 3.80. The molecule has 1 atom stereocenters. The first kappa shape index (κ1) is 15.0. The van der Waals surface area contributed by atoms with Gasteiger partial charge in [-0.1, -0.05) is 18.2 Å². The van der Waals surface area contributed by atoms with Crippen molar-refractivity contribution in [2.45, 2.75) is 18.3 Å². The molecule has 0 saturated carbocycles. The van der Waals surface area contributed by atoms with Crippen molar-refractivity contribution in [3.05, 3.63) is 68.4 Å². The molecular formula is C18H18N2OS2. The number of nitrogens with one attached hydrogen (secondary N) is 1. The number of nitrogens with zero attached hydrogens (tertiary/aromatic N) is 1. The Labute approximate surface area is 144 Å². The SMILES string of the molecule is O=Cc1ccc2c(c1)CCN(CC1=CSC(c3cccs3)N1)C2. The smallest absolute Gasteiger partial charge is 0.150 e. The molecule has 1 aromatic carbocycles. The third-order valence-corrected chi connectivity index (χ3v) is 6.47. The number of hydrogen-bond acceptors (Lipinski definition) is 5. The average Bonchev–Trinajstić information content (AvgIpc) is 3.25. The van der Waals surface area contributed by atoms with Crippen molar-refractivity contribution in [3.8, 4) is 0 Å². The molecule has 1 unspecified atom stereocenters. The molecule has 0 fully saturated rings. The van der Waals surface area contributed by atoms with Gasteiger partial charge in [0.15, 0.2) is 0 Å². The Morgan fingerprint density at radius 3 is 3.09 bits per heavy atom. The summed E-state index contributed by atoms with van der Waals surface area (Å²) in [5.41, 5.74) is 4.77. The minimum absolute atomic E-state index is 0.372. The fourth-order valence-corrected chi connectivity index (χ4v) is 4.99. The minimum atomic E-state index is 0.372. The van der Waals surface area contributed by atoms with Crippen LogP contribution in [0.5, 0.6) is 0 Å². The predicted molar refractivity (Wildman–Crippen MR) is 96.7 cm³/mol. The van der Waals surface area contributed by atoms with Crippen LogP contribution in [-0.4, -0.2) is 24.3 Å². The van der Waals surface area contributed by atoms with E-state index in [0.29, 0.717) is 5.37 Å². The van der Waals surface area contributed by atoms with Crippen molar-refractivity contribution in [1.82, 2.24) is 10.2 Å². The van der Waals surface area contributed by atoms with Crippen LogP contribution in [0.3, 0.4) is 0 Å². The minimum Gasteiger partial charge on any atom is -0.370 e. The van der Waals surface area contributed by atoms with E-state index in [1.165, 1.54) is 21.7 Å². The van der Waals surface area contributed by atoms with Crippen molar-refractivity contribution in [2.75, 3.05) is 13.1 Å². The number of rotatable bonds is 4. The van der Waals surface area contributed by atoms with Crippen molar-refractivity contribution in [2.24, 2.45) is 0 Å². The molecule has 1 N–H and O–H groups in total. The lowest BCUT2D eigenvalue weighted by Gasteiger charge is -2.29. The normalized spacial score (nSPS) is 20.7. The zero-order valence-electron chi connectivity index (χ0n) is 12.7. The molecule has 2 aliphatic heterocycles. The first-order valence-electron chi connectivity index (χ1n) is 7.75. The molecule has 4 rings (SSSR count). The molecule has 3 heterocycles. The second-order valence-corrected chi connectivity index (χ2v) is 7.88. The highest BCUT2D eigenvalue weighted by atomic mass is 32.2. The Morgan fingerprint density at radius 2 is 2.26 bits per heavy atom. The van der Waals surface area contributed by atoms with Gasteiger partial charge < -0.3 is 5.32 Å². The van der Waals surface area contributed by atoms with E-state index >= 15 is 0 Å². The molecule has 3 nitrogen and oxygen atoms in total. The topological polar surface area (TPSA) is 32.3 Å². The molecule has 0 radical (unpaired) electrons. The second kappa shape index (κ2) is 6.51. The fourth-order valence-electron chi connectivity index (χ4n) is 3.13. The van der Waals surface area contributed by atoms with Gasteiger partial charge in [-0.15, -0.1) is 23.1 Å². The summed E-state index contributed by atoms with van der Waals surface area (Å²) in [7, 11) is 0. The largest absolute Gasteiger partial charge is 0.370 e. The quantitative estimate of drug-likeness (QED) is 0.857. The van der Waals surface area contributed by atoms with Gasteiger partial charge >= 0.3 is 0 Å². The van der Waals surface area contributed by atoms with Crippen LogP contribution in [0.25, 0.3) is 0 Å². The van der Waals surface area contributed by atoms with Gasteiger partial charge in [0.25, 0.3) is 0 Å². The number of benzene rings is 1. The van der Waals surface area contributed by atoms with Crippen LogP contribution in [0.4, 0.5) is 0 Å². The van der Waals surface area contributed by atoms with Crippen LogP contribution in [0.15, 0.2) is 46.8 Å². The summed E-state index contributed by atoms with van der Waals surface area (Å²) < 4.78 is 0. The van der Waals surface area contributed by atoms with Gasteiger partial charge in [0, 0.05) is 35.8 Å². The molecule has 0 aliphatic carbocycles. The third-order valence-electron chi connectivity index (χ3n) is 4.32. The second-order valence-electron chi connectivity index (χ2n) is 5.93. The number of carbonyl (C=O) groups excluding carboxylic acids is 1. The van der Waals surface area contributed by atoms with Crippen molar-refractivity contribution < 1.29 is 4.79 Å². The molecule has 0 saturated heterocycles. The van der Waals surface area contributed by atoms with E-state index in [4.69, 9.17) is 0 Å². The van der Waals surface area contributed by atoms with Crippen LogP contribution in [0.1, 0.15) is 31.7 Å². The zero-order valence-corrected chi connectivity index (χ0v) is 14.3. The summed E-state index contributed by atoms with van der Waals surface area (Å²) >= 11 is 3.66. The molecule has 118 valence electrons. The van der Waals surface area contributed by atoms with Crippen LogP contribution >= 0.6 is 23.1 Å². The Hall–Kier alpha value is -1.56. The van der Waals surface area contributed by atoms with Crippen molar-refractivity contribution in [1.29, 1.82) is 0 Å². The molecule has 5 heteroatoms. The van der Waals surface area contributed by atoms with Gasteiger partial charge in [0.05, 0.1) is 0 Å². The summed E-state index contributed by atoms with van der Waals surface area (Å²) in [5, 5.41) is 8.39. The maximum absolute atomic E-state index is 10.9. The number of carbonyl (C=O) groups is 1. The van der Waals surface area contributed by atoms with Crippen molar-refractivity contribution >= 4 is 29.4 Å². The standard InChI is InChI=1S/C18H18N2OS2/c21-11-13-3-4-15-9-20(6-5-14(15)8-13)10-16-12-23-18(19-16)17-2-1-7-22-17/h1-4,7-8,11-12,18-19H,5-6,9-10H2. The Bertz CT molecular complexity index is 739. The van der Waals surface area contributed by atoms with Gasteiger partial charge in [0.2, 0.25) is 0 Å². The number of thioether (sulfide) groups is 1. The summed E-state index contributed by atoms with van der Waals surface area (Å²) in [6.45, 7) is 2.97. The van der Waals surface area contributed by atoms with E-state index in [9.17, 15) is 4.79 Å². The molecule has 2 aromatic rings. The Balaban J connectivity index is 1.38. The van der Waals surface area contributed by atoms with Crippen LogP contribution in [0.2, 0.25) is 0 Å². The molecular weight excluding hydrogens is 324 g/mol. The van der Waals surface area contributed by atoms with E-state index in [0.717, 1.165) is 37.9 Å². The maximum Gasteiger partial charge on any atom is 0.150 e. The van der Waals surface area contributed by atoms with E-state index in [2.05, 4.69) is 39.2 Å². The number of aldehydes is 1. The first-order valence-corrected chi connectivity index (χ1v) is 9.58. The highest BCUT2D eigenvalue weighted by Gasteiger charge is 2.22. The lowest BCUT2D eigenvalue weighted by Crippen LogP contribution is -2.34. The Kier molecular flexibility index (Phi) is 4.25. The highest BCUT2D eigenvalue weighted by molar-refractivity contribution is 8.02. The van der Waals surface area contributed by atoms with E-state index < -0.39 is 0 Å². The molecule has 0 bridgehead atoms. The summed E-state index contributed by atoms with van der Waals surface area (Å²) in [6, 6.07) is 10.4. The van der Waals surface area contributed by atoms with Crippen LogP contribution < -0.4 is 5.32 Å². The lowest BCUT2D eigenvalue weighted by atomic mass is 9.97. The lowest BCUT2D eigenvalue weighted by molar-refractivity contribution is 0.112. The molecule has 2 aliphatic rings. The molecule has 23 heavy (non-hydrogen) atoms. The maximum atomic E-state index is 10.9. The summed E-state index contributed by atoms with van der Waals surface area (Å²) in [4.78, 5) is 14.7.